The van der Waals surface area contributed by atoms with Crippen LogP contribution >= 0.6 is 0 Å². The molecule has 150 valence electrons. The normalized spacial score (nSPS) is 25.9. The summed E-state index contributed by atoms with van der Waals surface area (Å²) in [4.78, 5) is 13.3. The number of hydrogen-bond acceptors (Lipinski definition) is 4. The predicted octanol–water partition coefficient (Wildman–Crippen LogP) is 3.69. The van der Waals surface area contributed by atoms with Crippen molar-refractivity contribution < 1.29 is 9.21 Å². The summed E-state index contributed by atoms with van der Waals surface area (Å²) in [5.74, 6) is 2.27. The summed E-state index contributed by atoms with van der Waals surface area (Å²) in [5, 5.41) is 8.00. The Kier molecular flexibility index (Phi) is 4.51. The monoisotopic (exact) mass is 390 g/mol. The molecule has 2 aliphatic carbocycles. The fourth-order valence-corrected chi connectivity index (χ4v) is 5.04. The van der Waals surface area contributed by atoms with Crippen molar-refractivity contribution in [3.8, 4) is 17.1 Å². The Labute approximate surface area is 170 Å². The minimum absolute atomic E-state index is 0.0893. The lowest BCUT2D eigenvalue weighted by molar-refractivity contribution is 0.0896. The first kappa shape index (κ1) is 18.2. The molecule has 0 aliphatic heterocycles. The molecule has 2 heterocycles. The SMILES string of the molecule is Cc1ccc(-c2nn(-c3ccccc3)cc2C(=O)NC2C3CCC2CC(N)C3)o1. The Balaban J connectivity index is 1.48. The topological polar surface area (TPSA) is 86.1 Å². The van der Waals surface area contributed by atoms with Gasteiger partial charge in [-0.15, -0.1) is 0 Å². The van der Waals surface area contributed by atoms with Crippen molar-refractivity contribution in [3.63, 3.8) is 0 Å². The first-order valence-electron chi connectivity index (χ1n) is 10.4. The van der Waals surface area contributed by atoms with Crippen molar-refractivity contribution in [1.29, 1.82) is 0 Å². The molecule has 2 unspecified atom stereocenters. The molecule has 1 amide bonds. The van der Waals surface area contributed by atoms with E-state index in [1.807, 2.05) is 49.4 Å². The molecule has 29 heavy (non-hydrogen) atoms. The summed E-state index contributed by atoms with van der Waals surface area (Å²) >= 11 is 0. The number of furan rings is 1. The molecule has 0 radical (unpaired) electrons. The first-order valence-corrected chi connectivity index (χ1v) is 10.4. The third kappa shape index (κ3) is 3.38. The van der Waals surface area contributed by atoms with Gasteiger partial charge in [0, 0.05) is 18.3 Å². The van der Waals surface area contributed by atoms with E-state index < -0.39 is 0 Å². The summed E-state index contributed by atoms with van der Waals surface area (Å²) in [6.07, 6.45) is 6.09. The second kappa shape index (κ2) is 7.19. The van der Waals surface area contributed by atoms with Gasteiger partial charge in [-0.2, -0.15) is 5.10 Å². The Morgan fingerprint density at radius 2 is 1.86 bits per heavy atom. The van der Waals surface area contributed by atoms with Crippen molar-refractivity contribution in [3.05, 3.63) is 60.0 Å². The van der Waals surface area contributed by atoms with Crippen LogP contribution in [0.1, 0.15) is 41.8 Å². The van der Waals surface area contributed by atoms with Crippen LogP contribution in [0.3, 0.4) is 0 Å². The Morgan fingerprint density at radius 1 is 1.14 bits per heavy atom. The number of benzene rings is 1. The zero-order valence-corrected chi connectivity index (χ0v) is 16.5. The fourth-order valence-electron chi connectivity index (χ4n) is 5.04. The van der Waals surface area contributed by atoms with E-state index in [0.717, 1.165) is 37.1 Å². The van der Waals surface area contributed by atoms with E-state index in [2.05, 4.69) is 10.4 Å². The van der Waals surface area contributed by atoms with Crippen molar-refractivity contribution in [2.45, 2.75) is 44.7 Å². The summed E-state index contributed by atoms with van der Waals surface area (Å²) in [6, 6.07) is 14.0. The highest BCUT2D eigenvalue weighted by Gasteiger charge is 2.42. The van der Waals surface area contributed by atoms with Gasteiger partial charge in [0.05, 0.1) is 11.3 Å². The van der Waals surface area contributed by atoms with Crippen LogP contribution in [0.5, 0.6) is 0 Å². The van der Waals surface area contributed by atoms with Crippen molar-refractivity contribution in [1.82, 2.24) is 15.1 Å². The Bertz CT molecular complexity index is 1010. The van der Waals surface area contributed by atoms with E-state index in [1.54, 1.807) is 10.9 Å². The van der Waals surface area contributed by atoms with Gasteiger partial charge in [0.1, 0.15) is 11.5 Å². The van der Waals surface area contributed by atoms with Crippen LogP contribution in [0.15, 0.2) is 53.1 Å². The van der Waals surface area contributed by atoms with Crippen molar-refractivity contribution >= 4 is 5.91 Å². The highest BCUT2D eigenvalue weighted by atomic mass is 16.3. The van der Waals surface area contributed by atoms with Crippen LogP contribution in [0.25, 0.3) is 17.1 Å². The second-order valence-corrected chi connectivity index (χ2v) is 8.41. The number of nitrogens with two attached hydrogens (primary N) is 1. The van der Waals surface area contributed by atoms with E-state index in [4.69, 9.17) is 10.2 Å². The van der Waals surface area contributed by atoms with Crippen LogP contribution in [0.4, 0.5) is 0 Å². The minimum atomic E-state index is -0.0893. The van der Waals surface area contributed by atoms with Gasteiger partial charge < -0.3 is 15.5 Å². The van der Waals surface area contributed by atoms with E-state index in [1.165, 1.54) is 0 Å². The van der Waals surface area contributed by atoms with Gasteiger partial charge in [-0.25, -0.2) is 4.68 Å². The second-order valence-electron chi connectivity index (χ2n) is 8.41. The number of rotatable bonds is 4. The average Bonchev–Trinajstić information content (AvgIpc) is 3.40. The number of carbonyl (C=O) groups excluding carboxylic acids is 1. The van der Waals surface area contributed by atoms with E-state index in [-0.39, 0.29) is 18.0 Å². The highest BCUT2D eigenvalue weighted by Crippen LogP contribution is 2.42. The maximum absolute atomic E-state index is 13.3. The maximum Gasteiger partial charge on any atom is 0.255 e. The average molecular weight is 390 g/mol. The number of nitrogens with one attached hydrogen (secondary N) is 1. The lowest BCUT2D eigenvalue weighted by Gasteiger charge is -2.34. The van der Waals surface area contributed by atoms with Crippen LogP contribution in [-0.4, -0.2) is 27.8 Å². The third-order valence-electron chi connectivity index (χ3n) is 6.39. The van der Waals surface area contributed by atoms with E-state index >= 15 is 0 Å². The molecule has 0 spiro atoms. The van der Waals surface area contributed by atoms with Crippen LogP contribution in [0, 0.1) is 18.8 Å². The number of para-hydroxylation sites is 1. The fraction of sp³-hybridized carbons (Fsp3) is 0.391. The smallest absolute Gasteiger partial charge is 0.255 e. The molecule has 2 aromatic heterocycles. The maximum atomic E-state index is 13.3. The Morgan fingerprint density at radius 3 is 2.52 bits per heavy atom. The molecule has 3 aromatic rings. The third-order valence-corrected chi connectivity index (χ3v) is 6.39. The number of nitrogens with zero attached hydrogens (tertiary/aromatic N) is 2. The quantitative estimate of drug-likeness (QED) is 0.711. The first-order chi connectivity index (χ1) is 14.1. The largest absolute Gasteiger partial charge is 0.460 e. The van der Waals surface area contributed by atoms with Gasteiger partial charge in [-0.3, -0.25) is 4.79 Å². The number of amides is 1. The molecule has 1 aromatic carbocycles. The standard InChI is InChI=1S/C23H26N4O2/c1-14-7-10-20(29-14)22-19(13-27(26-22)18-5-3-2-4-6-18)23(28)25-21-15-8-9-16(21)12-17(24)11-15/h2-7,10,13,15-17,21H,8-9,11-12,24H2,1H3,(H,25,28). The number of hydrogen-bond donors (Lipinski definition) is 2. The summed E-state index contributed by atoms with van der Waals surface area (Å²) in [7, 11) is 0. The van der Waals surface area contributed by atoms with Gasteiger partial charge >= 0.3 is 0 Å². The molecule has 3 N–H and O–H groups in total. The number of fused-ring (bicyclic) bond motifs is 2. The van der Waals surface area contributed by atoms with Crippen LogP contribution in [-0.2, 0) is 0 Å². The molecule has 2 bridgehead atoms. The van der Waals surface area contributed by atoms with Gasteiger partial charge in [-0.05, 0) is 68.7 Å². The highest BCUT2D eigenvalue weighted by molar-refractivity contribution is 5.99. The lowest BCUT2D eigenvalue weighted by Crippen LogP contribution is -2.48. The van der Waals surface area contributed by atoms with E-state index in [9.17, 15) is 4.79 Å². The van der Waals surface area contributed by atoms with Crippen LogP contribution < -0.4 is 11.1 Å². The zero-order valence-electron chi connectivity index (χ0n) is 16.5. The summed E-state index contributed by atoms with van der Waals surface area (Å²) < 4.78 is 7.54. The molecule has 2 fully saturated rings. The molecular formula is C23H26N4O2. The zero-order chi connectivity index (χ0) is 20.0. The molecule has 2 saturated carbocycles. The molecule has 2 atom stereocenters. The Hall–Kier alpha value is -2.86. The summed E-state index contributed by atoms with van der Waals surface area (Å²) in [6.45, 7) is 1.89. The lowest BCUT2D eigenvalue weighted by atomic mass is 9.81. The molecule has 5 rings (SSSR count). The predicted molar refractivity (Wildman–Crippen MR) is 111 cm³/mol. The number of aromatic nitrogens is 2. The number of aryl methyl sites for hydroxylation is 1. The van der Waals surface area contributed by atoms with Crippen LogP contribution in [0.2, 0.25) is 0 Å². The molecular weight excluding hydrogens is 364 g/mol. The molecule has 0 saturated heterocycles. The number of carbonyl (C=O) groups is 1. The molecule has 2 aliphatic rings. The molecule has 6 heteroatoms. The van der Waals surface area contributed by atoms with Gasteiger partial charge in [0.15, 0.2) is 5.76 Å². The van der Waals surface area contributed by atoms with E-state index in [0.29, 0.717) is 28.9 Å². The van der Waals surface area contributed by atoms with Gasteiger partial charge in [0.25, 0.3) is 5.91 Å². The van der Waals surface area contributed by atoms with Gasteiger partial charge in [-0.1, -0.05) is 18.2 Å². The van der Waals surface area contributed by atoms with Crippen molar-refractivity contribution in [2.75, 3.05) is 0 Å². The summed E-state index contributed by atoms with van der Waals surface area (Å²) in [5.41, 5.74) is 8.20. The van der Waals surface area contributed by atoms with Crippen molar-refractivity contribution in [2.24, 2.45) is 17.6 Å². The van der Waals surface area contributed by atoms with Gasteiger partial charge in [0.2, 0.25) is 0 Å². The minimum Gasteiger partial charge on any atom is -0.460 e. The molecule has 6 nitrogen and oxygen atoms in total.